The molecule has 0 atom stereocenters. The molecule has 0 aliphatic carbocycles. The lowest BCUT2D eigenvalue weighted by Crippen LogP contribution is -2.25. The highest BCUT2D eigenvalue weighted by Crippen LogP contribution is 1.92. The lowest BCUT2D eigenvalue weighted by molar-refractivity contribution is -0.121. The van der Waals surface area contributed by atoms with Crippen LogP contribution in [-0.4, -0.2) is 36.1 Å². The Morgan fingerprint density at radius 3 is 3.20 bits per heavy atom. The SMILES string of the molecule is COCCCC(=O)NCCc1cnc[nH]1. The highest BCUT2D eigenvalue weighted by Gasteiger charge is 2.00. The Balaban J connectivity index is 2.02. The molecule has 5 heteroatoms. The van der Waals surface area contributed by atoms with E-state index in [2.05, 4.69) is 15.3 Å². The number of rotatable bonds is 7. The van der Waals surface area contributed by atoms with Gasteiger partial charge in [-0.1, -0.05) is 0 Å². The van der Waals surface area contributed by atoms with E-state index >= 15 is 0 Å². The first-order chi connectivity index (χ1) is 7.33. The van der Waals surface area contributed by atoms with E-state index in [1.807, 2.05) is 0 Å². The van der Waals surface area contributed by atoms with Crippen LogP contribution >= 0.6 is 0 Å². The number of carbonyl (C=O) groups excluding carboxylic acids is 1. The Hall–Kier alpha value is -1.36. The van der Waals surface area contributed by atoms with Crippen molar-refractivity contribution < 1.29 is 9.53 Å². The van der Waals surface area contributed by atoms with E-state index in [0.29, 0.717) is 19.6 Å². The number of nitrogens with zero attached hydrogens (tertiary/aromatic N) is 1. The molecule has 5 nitrogen and oxygen atoms in total. The molecular formula is C10H17N3O2. The molecule has 0 aliphatic rings. The van der Waals surface area contributed by atoms with Gasteiger partial charge in [0.1, 0.15) is 0 Å². The third-order valence-electron chi connectivity index (χ3n) is 2.02. The maximum atomic E-state index is 11.3. The summed E-state index contributed by atoms with van der Waals surface area (Å²) < 4.78 is 4.86. The maximum Gasteiger partial charge on any atom is 0.220 e. The van der Waals surface area contributed by atoms with E-state index in [9.17, 15) is 4.79 Å². The van der Waals surface area contributed by atoms with Gasteiger partial charge in [0.05, 0.1) is 6.33 Å². The summed E-state index contributed by atoms with van der Waals surface area (Å²) in [5.41, 5.74) is 1.03. The lowest BCUT2D eigenvalue weighted by atomic mass is 10.3. The smallest absolute Gasteiger partial charge is 0.220 e. The second-order valence-corrected chi connectivity index (χ2v) is 3.27. The molecule has 15 heavy (non-hydrogen) atoms. The molecule has 1 rings (SSSR count). The Morgan fingerprint density at radius 1 is 1.67 bits per heavy atom. The van der Waals surface area contributed by atoms with E-state index < -0.39 is 0 Å². The van der Waals surface area contributed by atoms with Gasteiger partial charge in [-0.3, -0.25) is 4.79 Å². The summed E-state index contributed by atoms with van der Waals surface area (Å²) >= 11 is 0. The van der Waals surface area contributed by atoms with Gasteiger partial charge in [0.2, 0.25) is 5.91 Å². The first-order valence-corrected chi connectivity index (χ1v) is 5.06. The van der Waals surface area contributed by atoms with Gasteiger partial charge in [0, 0.05) is 45.0 Å². The monoisotopic (exact) mass is 211 g/mol. The highest BCUT2D eigenvalue weighted by molar-refractivity contribution is 5.75. The molecule has 1 aromatic rings. The largest absolute Gasteiger partial charge is 0.385 e. The molecule has 0 aliphatic heterocycles. The summed E-state index contributed by atoms with van der Waals surface area (Å²) in [7, 11) is 1.64. The lowest BCUT2D eigenvalue weighted by Gasteiger charge is -2.03. The number of hydrogen-bond acceptors (Lipinski definition) is 3. The molecule has 0 spiro atoms. The number of carbonyl (C=O) groups is 1. The third kappa shape index (κ3) is 5.17. The van der Waals surface area contributed by atoms with Crippen molar-refractivity contribution in [2.75, 3.05) is 20.3 Å². The van der Waals surface area contributed by atoms with Crippen LogP contribution in [0, 0.1) is 0 Å². The zero-order valence-electron chi connectivity index (χ0n) is 8.95. The van der Waals surface area contributed by atoms with Crippen molar-refractivity contribution in [3.8, 4) is 0 Å². The number of aromatic nitrogens is 2. The summed E-state index contributed by atoms with van der Waals surface area (Å²) in [4.78, 5) is 18.1. The number of ether oxygens (including phenoxy) is 1. The summed E-state index contributed by atoms with van der Waals surface area (Å²) in [6, 6.07) is 0. The molecule has 84 valence electrons. The van der Waals surface area contributed by atoms with Crippen molar-refractivity contribution in [1.82, 2.24) is 15.3 Å². The average Bonchev–Trinajstić information content (AvgIpc) is 2.71. The first-order valence-electron chi connectivity index (χ1n) is 5.06. The number of H-pyrrole nitrogens is 1. The summed E-state index contributed by atoms with van der Waals surface area (Å²) in [5.74, 6) is 0.0755. The number of imidazole rings is 1. The minimum absolute atomic E-state index is 0.0755. The fraction of sp³-hybridized carbons (Fsp3) is 0.600. The standard InChI is InChI=1S/C10H17N3O2/c1-15-6-2-3-10(14)12-5-4-9-7-11-8-13-9/h7-8H,2-6H2,1H3,(H,11,13)(H,12,14). The van der Waals surface area contributed by atoms with Crippen LogP contribution in [-0.2, 0) is 16.0 Å². The number of nitrogens with one attached hydrogen (secondary N) is 2. The third-order valence-corrected chi connectivity index (χ3v) is 2.02. The van der Waals surface area contributed by atoms with Crippen LogP contribution < -0.4 is 5.32 Å². The second kappa shape index (κ2) is 7.00. The van der Waals surface area contributed by atoms with Crippen LogP contribution in [0.2, 0.25) is 0 Å². The van der Waals surface area contributed by atoms with Gasteiger partial charge in [-0.15, -0.1) is 0 Å². The first kappa shape index (κ1) is 11.7. The predicted molar refractivity (Wildman–Crippen MR) is 56.4 cm³/mol. The Morgan fingerprint density at radius 2 is 2.53 bits per heavy atom. The maximum absolute atomic E-state index is 11.3. The Labute approximate surface area is 89.2 Å². The zero-order valence-corrected chi connectivity index (χ0v) is 8.95. The van der Waals surface area contributed by atoms with Crippen molar-refractivity contribution in [2.45, 2.75) is 19.3 Å². The fourth-order valence-corrected chi connectivity index (χ4v) is 1.22. The number of aromatic amines is 1. The van der Waals surface area contributed by atoms with Gasteiger partial charge in [0.25, 0.3) is 0 Å². The molecule has 0 bridgehead atoms. The minimum Gasteiger partial charge on any atom is -0.385 e. The van der Waals surface area contributed by atoms with Crippen molar-refractivity contribution in [3.05, 3.63) is 18.2 Å². The van der Waals surface area contributed by atoms with Crippen LogP contribution in [0.5, 0.6) is 0 Å². The van der Waals surface area contributed by atoms with E-state index in [1.54, 1.807) is 19.6 Å². The Bertz CT molecular complexity index is 272. The van der Waals surface area contributed by atoms with Crippen molar-refractivity contribution in [3.63, 3.8) is 0 Å². The normalized spacial score (nSPS) is 10.2. The second-order valence-electron chi connectivity index (χ2n) is 3.27. The molecule has 0 saturated heterocycles. The van der Waals surface area contributed by atoms with Gasteiger partial charge < -0.3 is 15.0 Å². The predicted octanol–water partition coefficient (Wildman–Crippen LogP) is 0.495. The van der Waals surface area contributed by atoms with Gasteiger partial charge in [-0.25, -0.2) is 4.98 Å². The van der Waals surface area contributed by atoms with E-state index in [0.717, 1.165) is 18.5 Å². The van der Waals surface area contributed by atoms with Gasteiger partial charge in [0.15, 0.2) is 0 Å². The summed E-state index contributed by atoms with van der Waals surface area (Å²) in [6.45, 7) is 1.28. The van der Waals surface area contributed by atoms with E-state index in [4.69, 9.17) is 4.74 Å². The van der Waals surface area contributed by atoms with Crippen LogP contribution in [0.3, 0.4) is 0 Å². The fourth-order valence-electron chi connectivity index (χ4n) is 1.22. The average molecular weight is 211 g/mol. The van der Waals surface area contributed by atoms with Crippen LogP contribution in [0.4, 0.5) is 0 Å². The molecule has 0 aromatic carbocycles. The van der Waals surface area contributed by atoms with Crippen molar-refractivity contribution in [1.29, 1.82) is 0 Å². The van der Waals surface area contributed by atoms with Crippen molar-refractivity contribution in [2.24, 2.45) is 0 Å². The molecule has 1 heterocycles. The number of hydrogen-bond donors (Lipinski definition) is 2. The minimum atomic E-state index is 0.0755. The molecule has 0 unspecified atom stereocenters. The topological polar surface area (TPSA) is 67.0 Å². The van der Waals surface area contributed by atoms with Gasteiger partial charge in [-0.05, 0) is 6.42 Å². The molecule has 0 radical (unpaired) electrons. The van der Waals surface area contributed by atoms with E-state index in [-0.39, 0.29) is 5.91 Å². The highest BCUT2D eigenvalue weighted by atomic mass is 16.5. The van der Waals surface area contributed by atoms with E-state index in [1.165, 1.54) is 0 Å². The number of amides is 1. The van der Waals surface area contributed by atoms with Gasteiger partial charge in [-0.2, -0.15) is 0 Å². The molecule has 1 amide bonds. The summed E-state index contributed by atoms with van der Waals surface area (Å²) in [5, 5.41) is 2.84. The molecule has 1 aromatic heterocycles. The Kier molecular flexibility index (Phi) is 5.47. The summed E-state index contributed by atoms with van der Waals surface area (Å²) in [6.07, 6.45) is 5.48. The van der Waals surface area contributed by atoms with Crippen LogP contribution in [0.15, 0.2) is 12.5 Å². The molecular weight excluding hydrogens is 194 g/mol. The molecule has 2 N–H and O–H groups in total. The number of methoxy groups -OCH3 is 1. The molecule has 0 saturated carbocycles. The molecule has 0 fully saturated rings. The van der Waals surface area contributed by atoms with Gasteiger partial charge >= 0.3 is 0 Å². The quantitative estimate of drug-likeness (QED) is 0.645. The zero-order chi connectivity index (χ0) is 10.9. The van der Waals surface area contributed by atoms with Crippen molar-refractivity contribution >= 4 is 5.91 Å². The van der Waals surface area contributed by atoms with Crippen LogP contribution in [0.25, 0.3) is 0 Å². The van der Waals surface area contributed by atoms with Crippen LogP contribution in [0.1, 0.15) is 18.5 Å².